The first-order valence-corrected chi connectivity index (χ1v) is 6.09. The van der Waals surface area contributed by atoms with Crippen LogP contribution in [0.15, 0.2) is 0 Å². The summed E-state index contributed by atoms with van der Waals surface area (Å²) in [5.41, 5.74) is 0. The fraction of sp³-hybridized carbons (Fsp3) is 0.923. The van der Waals surface area contributed by atoms with Gasteiger partial charge in [0.05, 0.1) is 0 Å². The van der Waals surface area contributed by atoms with Crippen molar-refractivity contribution in [3.05, 3.63) is 0 Å². The van der Waals surface area contributed by atoms with E-state index in [4.69, 9.17) is 0 Å². The van der Waals surface area contributed by atoms with Crippen LogP contribution in [0.3, 0.4) is 0 Å². The van der Waals surface area contributed by atoms with Crippen LogP contribution >= 0.6 is 0 Å². The lowest BCUT2D eigenvalue weighted by molar-refractivity contribution is -0.125. The predicted molar refractivity (Wildman–Crippen MR) is 60.1 cm³/mol. The number of hydrogen-bond acceptors (Lipinski definition) is 1. The van der Waals surface area contributed by atoms with Crippen molar-refractivity contribution in [1.82, 2.24) is 0 Å². The van der Waals surface area contributed by atoms with Gasteiger partial charge in [0.1, 0.15) is 5.78 Å². The zero-order valence-corrected chi connectivity index (χ0v) is 10.0. The van der Waals surface area contributed by atoms with Crippen LogP contribution in [0.4, 0.5) is 0 Å². The van der Waals surface area contributed by atoms with E-state index in [1.807, 2.05) is 6.92 Å². The Hall–Kier alpha value is -0.330. The highest BCUT2D eigenvalue weighted by atomic mass is 16.1. The molecule has 0 aromatic carbocycles. The van der Waals surface area contributed by atoms with Crippen molar-refractivity contribution in [1.29, 1.82) is 0 Å². The minimum atomic E-state index is 0.362. The van der Waals surface area contributed by atoms with Crippen molar-refractivity contribution < 1.29 is 4.79 Å². The molecule has 82 valence electrons. The van der Waals surface area contributed by atoms with Crippen LogP contribution in [-0.4, -0.2) is 5.78 Å². The lowest BCUT2D eigenvalue weighted by Crippen LogP contribution is -2.31. The largest absolute Gasteiger partial charge is 0.299 e. The number of ketones is 1. The van der Waals surface area contributed by atoms with Crippen LogP contribution in [0.25, 0.3) is 0 Å². The van der Waals surface area contributed by atoms with Crippen molar-refractivity contribution in [2.24, 2.45) is 23.7 Å². The smallest absolute Gasteiger partial charge is 0.135 e. The van der Waals surface area contributed by atoms with Crippen LogP contribution in [0, 0.1) is 23.7 Å². The first-order chi connectivity index (χ1) is 6.56. The highest BCUT2D eigenvalue weighted by Crippen LogP contribution is 2.38. The van der Waals surface area contributed by atoms with E-state index in [9.17, 15) is 4.79 Å². The van der Waals surface area contributed by atoms with Gasteiger partial charge in [0, 0.05) is 12.3 Å². The molecule has 0 amide bonds. The zero-order valence-electron chi connectivity index (χ0n) is 10.0. The molecule has 1 fully saturated rings. The number of Topliss-reactive ketones (excluding diaryl/α,β-unsaturated/α-hetero) is 1. The van der Waals surface area contributed by atoms with Crippen molar-refractivity contribution in [3.8, 4) is 0 Å². The average Bonchev–Trinajstić information content (AvgIpc) is 2.17. The lowest BCUT2D eigenvalue weighted by atomic mass is 9.69. The molecule has 0 heterocycles. The van der Waals surface area contributed by atoms with Gasteiger partial charge < -0.3 is 0 Å². The zero-order chi connectivity index (χ0) is 10.7. The number of carbonyl (C=O) groups is 1. The summed E-state index contributed by atoms with van der Waals surface area (Å²) < 4.78 is 0. The number of rotatable bonds is 3. The minimum absolute atomic E-state index is 0.362. The van der Waals surface area contributed by atoms with Crippen molar-refractivity contribution >= 4 is 5.78 Å². The average molecular weight is 196 g/mol. The van der Waals surface area contributed by atoms with E-state index < -0.39 is 0 Å². The summed E-state index contributed by atoms with van der Waals surface area (Å²) in [5.74, 6) is 3.00. The second kappa shape index (κ2) is 4.95. The van der Waals surface area contributed by atoms with E-state index in [-0.39, 0.29) is 0 Å². The molecule has 0 saturated heterocycles. The van der Waals surface area contributed by atoms with Crippen LogP contribution < -0.4 is 0 Å². The van der Waals surface area contributed by atoms with E-state index in [2.05, 4.69) is 20.8 Å². The Morgan fingerprint density at radius 3 is 2.50 bits per heavy atom. The molecule has 0 spiro atoms. The fourth-order valence-corrected chi connectivity index (χ4v) is 2.67. The van der Waals surface area contributed by atoms with Gasteiger partial charge in [-0.05, 0) is 37.0 Å². The molecule has 0 radical (unpaired) electrons. The van der Waals surface area contributed by atoms with Gasteiger partial charge in [-0.15, -0.1) is 0 Å². The lowest BCUT2D eigenvalue weighted by Gasteiger charge is -2.35. The third-order valence-electron chi connectivity index (χ3n) is 3.94. The molecule has 0 aromatic rings. The molecule has 3 atom stereocenters. The molecular weight excluding hydrogens is 172 g/mol. The second-order valence-electron chi connectivity index (χ2n) is 5.22. The van der Waals surface area contributed by atoms with E-state index in [0.29, 0.717) is 17.6 Å². The first kappa shape index (κ1) is 11.7. The van der Waals surface area contributed by atoms with Gasteiger partial charge in [0.15, 0.2) is 0 Å². The van der Waals surface area contributed by atoms with Gasteiger partial charge in [-0.1, -0.05) is 27.7 Å². The van der Waals surface area contributed by atoms with Crippen LogP contribution in [0.2, 0.25) is 0 Å². The van der Waals surface area contributed by atoms with Crippen LogP contribution in [-0.2, 0) is 4.79 Å². The van der Waals surface area contributed by atoms with Crippen LogP contribution in [0.5, 0.6) is 0 Å². The Morgan fingerprint density at radius 2 is 2.00 bits per heavy atom. The van der Waals surface area contributed by atoms with Gasteiger partial charge in [-0.3, -0.25) is 4.79 Å². The maximum absolute atomic E-state index is 11.7. The maximum Gasteiger partial charge on any atom is 0.135 e. The Labute approximate surface area is 88.3 Å². The Bertz CT molecular complexity index is 195. The van der Waals surface area contributed by atoms with Crippen molar-refractivity contribution in [2.45, 2.75) is 53.4 Å². The predicted octanol–water partition coefficient (Wildman–Crippen LogP) is 3.67. The minimum Gasteiger partial charge on any atom is -0.299 e. The van der Waals surface area contributed by atoms with E-state index >= 15 is 0 Å². The molecular formula is C13H24O. The van der Waals surface area contributed by atoms with Gasteiger partial charge in [-0.2, -0.15) is 0 Å². The van der Waals surface area contributed by atoms with Gasteiger partial charge >= 0.3 is 0 Å². The molecule has 1 rings (SSSR count). The Kier molecular flexibility index (Phi) is 4.15. The number of hydrogen-bond donors (Lipinski definition) is 0. The molecule has 1 nitrogen and oxygen atoms in total. The SMILES string of the molecule is CCC(=O)[C@@H]1C[C@H](C(C)C)CC[C@H]1C. The fourth-order valence-electron chi connectivity index (χ4n) is 2.67. The molecule has 1 aliphatic carbocycles. The molecule has 0 N–H and O–H groups in total. The number of carbonyl (C=O) groups excluding carboxylic acids is 1. The summed E-state index contributed by atoms with van der Waals surface area (Å²) in [5, 5.41) is 0. The Morgan fingerprint density at radius 1 is 1.36 bits per heavy atom. The van der Waals surface area contributed by atoms with Crippen molar-refractivity contribution in [3.63, 3.8) is 0 Å². The van der Waals surface area contributed by atoms with Crippen molar-refractivity contribution in [2.75, 3.05) is 0 Å². The topological polar surface area (TPSA) is 17.1 Å². The third kappa shape index (κ3) is 2.59. The van der Waals surface area contributed by atoms with Crippen LogP contribution in [0.1, 0.15) is 53.4 Å². The van der Waals surface area contributed by atoms with Gasteiger partial charge in [0.2, 0.25) is 0 Å². The highest BCUT2D eigenvalue weighted by molar-refractivity contribution is 5.81. The standard InChI is InChI=1S/C13H24O/c1-5-13(14)12-8-11(9(2)3)7-6-10(12)4/h9-12H,5-8H2,1-4H3/t10-,11-,12-/m1/s1. The molecule has 1 heteroatoms. The summed E-state index contributed by atoms with van der Waals surface area (Å²) in [4.78, 5) is 11.7. The van der Waals surface area contributed by atoms with E-state index in [1.54, 1.807) is 0 Å². The molecule has 1 saturated carbocycles. The molecule has 1 aliphatic rings. The second-order valence-corrected chi connectivity index (χ2v) is 5.22. The van der Waals surface area contributed by atoms with E-state index in [0.717, 1.165) is 24.7 Å². The summed E-state index contributed by atoms with van der Waals surface area (Å²) in [6, 6.07) is 0. The quantitative estimate of drug-likeness (QED) is 0.673. The normalized spacial score (nSPS) is 33.4. The van der Waals surface area contributed by atoms with Gasteiger partial charge in [0.25, 0.3) is 0 Å². The molecule has 0 unspecified atom stereocenters. The first-order valence-electron chi connectivity index (χ1n) is 6.09. The van der Waals surface area contributed by atoms with Gasteiger partial charge in [-0.25, -0.2) is 0 Å². The molecule has 0 aromatic heterocycles. The molecule has 0 aliphatic heterocycles. The Balaban J connectivity index is 2.59. The summed E-state index contributed by atoms with van der Waals surface area (Å²) in [7, 11) is 0. The third-order valence-corrected chi connectivity index (χ3v) is 3.94. The monoisotopic (exact) mass is 196 g/mol. The summed E-state index contributed by atoms with van der Waals surface area (Å²) >= 11 is 0. The molecule has 0 bridgehead atoms. The van der Waals surface area contributed by atoms with E-state index in [1.165, 1.54) is 12.8 Å². The highest BCUT2D eigenvalue weighted by Gasteiger charge is 2.32. The summed E-state index contributed by atoms with van der Waals surface area (Å²) in [6.45, 7) is 8.81. The maximum atomic E-state index is 11.7. The molecule has 14 heavy (non-hydrogen) atoms. The summed E-state index contributed by atoms with van der Waals surface area (Å²) in [6.07, 6.45) is 4.44.